The molecule has 2 nitrogen and oxygen atoms in total. The number of rotatable bonds is 5. The van der Waals surface area contributed by atoms with Crippen molar-refractivity contribution >= 4 is 33.3 Å². The van der Waals surface area contributed by atoms with Gasteiger partial charge in [0.25, 0.3) is 0 Å². The van der Waals surface area contributed by atoms with Crippen molar-refractivity contribution in [1.82, 2.24) is 0 Å². The second kappa shape index (κ2) is 6.78. The van der Waals surface area contributed by atoms with E-state index in [4.69, 9.17) is 16.9 Å². The molecule has 0 bridgehead atoms. The summed E-state index contributed by atoms with van der Waals surface area (Å²) in [4.78, 5) is 11.4. The van der Waals surface area contributed by atoms with Gasteiger partial charge in [0, 0.05) is 11.4 Å². The van der Waals surface area contributed by atoms with Crippen molar-refractivity contribution in [2.75, 3.05) is 0 Å². The maximum Gasteiger partial charge on any atom is 0.146 e. The van der Waals surface area contributed by atoms with Crippen LogP contribution in [0.5, 0.6) is 0 Å². The summed E-state index contributed by atoms with van der Waals surface area (Å²) in [6.07, 6.45) is 1.92. The van der Waals surface area contributed by atoms with Crippen molar-refractivity contribution in [3.63, 3.8) is 0 Å². The molecule has 0 N–H and O–H groups in total. The number of benzene rings is 1. The molecule has 0 radical (unpaired) electrons. The van der Waals surface area contributed by atoms with Gasteiger partial charge in [-0.05, 0) is 36.6 Å². The fourth-order valence-corrected chi connectivity index (χ4v) is 2.28. The molecule has 1 aromatic rings. The van der Waals surface area contributed by atoms with Gasteiger partial charge in [-0.1, -0.05) is 34.5 Å². The molecule has 0 aromatic heterocycles. The smallest absolute Gasteiger partial charge is 0.146 e. The third-order valence-corrected chi connectivity index (χ3v) is 3.62. The lowest BCUT2D eigenvalue weighted by Gasteiger charge is -2.10. The number of ketones is 1. The van der Waals surface area contributed by atoms with E-state index < -0.39 is 0 Å². The second-order valence-electron chi connectivity index (χ2n) is 3.81. The Balaban J connectivity index is 2.81. The Morgan fingerprint density at radius 3 is 2.88 bits per heavy atom. The fourth-order valence-electron chi connectivity index (χ4n) is 1.51. The maximum absolute atomic E-state index is 11.7. The van der Waals surface area contributed by atoms with Crippen molar-refractivity contribution in [2.24, 2.45) is 0 Å². The normalized spacial score (nSPS) is 11.9. The predicted molar refractivity (Wildman–Crippen MR) is 72.5 cm³/mol. The SMILES string of the molecule is CCCC(=O)C(Br)Cc1cc(C#N)ccc1Cl. The van der Waals surface area contributed by atoms with Gasteiger partial charge in [-0.3, -0.25) is 4.79 Å². The zero-order valence-electron chi connectivity index (χ0n) is 9.54. The number of carbonyl (C=O) groups is 1. The molecule has 0 saturated heterocycles. The van der Waals surface area contributed by atoms with E-state index in [2.05, 4.69) is 22.0 Å². The number of nitriles is 1. The standard InChI is InChI=1S/C13H13BrClNO/c1-2-3-13(17)11(14)7-10-6-9(8-16)4-5-12(10)15/h4-6,11H,2-3,7H2,1H3. The molecule has 0 aliphatic carbocycles. The molecular weight excluding hydrogens is 302 g/mol. The first-order valence-corrected chi connectivity index (χ1v) is 6.73. The van der Waals surface area contributed by atoms with Crippen LogP contribution in [0.15, 0.2) is 18.2 Å². The minimum absolute atomic E-state index is 0.172. The van der Waals surface area contributed by atoms with Crippen molar-refractivity contribution in [3.05, 3.63) is 34.3 Å². The lowest BCUT2D eigenvalue weighted by atomic mass is 10.0. The highest BCUT2D eigenvalue weighted by Crippen LogP contribution is 2.22. The Labute approximate surface area is 115 Å². The van der Waals surface area contributed by atoms with Gasteiger partial charge in [-0.2, -0.15) is 5.26 Å². The van der Waals surface area contributed by atoms with Crippen molar-refractivity contribution in [3.8, 4) is 6.07 Å². The van der Waals surface area contributed by atoms with Crippen LogP contribution in [0.25, 0.3) is 0 Å². The van der Waals surface area contributed by atoms with Crippen LogP contribution < -0.4 is 0 Å². The van der Waals surface area contributed by atoms with E-state index in [-0.39, 0.29) is 10.6 Å². The van der Waals surface area contributed by atoms with E-state index >= 15 is 0 Å². The van der Waals surface area contributed by atoms with E-state index in [9.17, 15) is 4.79 Å². The van der Waals surface area contributed by atoms with E-state index in [0.717, 1.165) is 12.0 Å². The minimum Gasteiger partial charge on any atom is -0.298 e. The van der Waals surface area contributed by atoms with Crippen LogP contribution >= 0.6 is 27.5 Å². The average molecular weight is 315 g/mol. The molecule has 17 heavy (non-hydrogen) atoms. The summed E-state index contributed by atoms with van der Waals surface area (Å²) in [6.45, 7) is 1.97. The first kappa shape index (κ1) is 14.2. The van der Waals surface area contributed by atoms with Gasteiger partial charge >= 0.3 is 0 Å². The molecule has 1 rings (SSSR count). The summed E-state index contributed by atoms with van der Waals surface area (Å²) in [7, 11) is 0. The molecule has 0 saturated carbocycles. The molecule has 0 heterocycles. The van der Waals surface area contributed by atoms with E-state index in [1.165, 1.54) is 0 Å². The van der Waals surface area contributed by atoms with Gasteiger partial charge < -0.3 is 0 Å². The summed E-state index contributed by atoms with van der Waals surface area (Å²) in [6, 6.07) is 7.16. The number of hydrogen-bond acceptors (Lipinski definition) is 2. The quantitative estimate of drug-likeness (QED) is 0.774. The summed E-state index contributed by atoms with van der Waals surface area (Å²) in [5, 5.41) is 9.40. The first-order valence-electron chi connectivity index (χ1n) is 5.43. The predicted octanol–water partition coefficient (Wildman–Crippen LogP) is 3.89. The number of nitrogens with zero attached hydrogens (tertiary/aromatic N) is 1. The molecule has 1 atom stereocenters. The fraction of sp³-hybridized carbons (Fsp3) is 0.385. The molecule has 0 fully saturated rings. The zero-order valence-corrected chi connectivity index (χ0v) is 11.9. The number of halogens is 2. The maximum atomic E-state index is 11.7. The van der Waals surface area contributed by atoms with Crippen LogP contribution in [-0.4, -0.2) is 10.6 Å². The highest BCUT2D eigenvalue weighted by atomic mass is 79.9. The van der Waals surface area contributed by atoms with Gasteiger partial charge in [0.15, 0.2) is 0 Å². The van der Waals surface area contributed by atoms with Crippen LogP contribution in [0.1, 0.15) is 30.9 Å². The largest absolute Gasteiger partial charge is 0.298 e. The highest BCUT2D eigenvalue weighted by Gasteiger charge is 2.16. The zero-order chi connectivity index (χ0) is 12.8. The van der Waals surface area contributed by atoms with Crippen LogP contribution in [-0.2, 0) is 11.2 Å². The van der Waals surface area contributed by atoms with Gasteiger partial charge in [-0.15, -0.1) is 0 Å². The average Bonchev–Trinajstić information content (AvgIpc) is 2.32. The molecule has 1 unspecified atom stereocenters. The first-order chi connectivity index (χ1) is 8.08. The molecule has 90 valence electrons. The summed E-state index contributed by atoms with van der Waals surface area (Å²) in [5.74, 6) is 0.172. The Kier molecular flexibility index (Phi) is 5.67. The lowest BCUT2D eigenvalue weighted by molar-refractivity contribution is -0.118. The highest BCUT2D eigenvalue weighted by molar-refractivity contribution is 9.10. The van der Waals surface area contributed by atoms with Crippen molar-refractivity contribution in [1.29, 1.82) is 5.26 Å². The Bertz CT molecular complexity index is 453. The van der Waals surface area contributed by atoms with Crippen molar-refractivity contribution in [2.45, 2.75) is 31.0 Å². The van der Waals surface area contributed by atoms with Gasteiger partial charge in [0.05, 0.1) is 16.5 Å². The summed E-state index contributed by atoms with van der Waals surface area (Å²) >= 11 is 9.41. The lowest BCUT2D eigenvalue weighted by Crippen LogP contribution is -2.16. The van der Waals surface area contributed by atoms with Crippen molar-refractivity contribution < 1.29 is 4.79 Å². The summed E-state index contributed by atoms with van der Waals surface area (Å²) < 4.78 is 0. The molecule has 1 aromatic carbocycles. The van der Waals surface area contributed by atoms with Gasteiger partial charge in [0.1, 0.15) is 5.78 Å². The number of hydrogen-bond donors (Lipinski definition) is 0. The van der Waals surface area contributed by atoms with E-state index in [1.807, 2.05) is 6.92 Å². The topological polar surface area (TPSA) is 40.9 Å². The molecular formula is C13H13BrClNO. The Morgan fingerprint density at radius 1 is 1.59 bits per heavy atom. The van der Waals surface area contributed by atoms with E-state index in [1.54, 1.807) is 18.2 Å². The Hall–Kier alpha value is -0.850. The minimum atomic E-state index is -0.228. The second-order valence-corrected chi connectivity index (χ2v) is 5.32. The van der Waals surface area contributed by atoms with Gasteiger partial charge in [-0.25, -0.2) is 0 Å². The van der Waals surface area contributed by atoms with Crippen LogP contribution in [0.4, 0.5) is 0 Å². The van der Waals surface area contributed by atoms with Crippen LogP contribution in [0.3, 0.4) is 0 Å². The molecule has 0 aliphatic rings. The summed E-state index contributed by atoms with van der Waals surface area (Å²) in [5.41, 5.74) is 1.39. The van der Waals surface area contributed by atoms with Crippen LogP contribution in [0.2, 0.25) is 5.02 Å². The third kappa shape index (κ3) is 4.14. The monoisotopic (exact) mass is 313 g/mol. The number of Topliss-reactive ketones (excluding diaryl/α,β-unsaturated/α-hetero) is 1. The number of alkyl halides is 1. The molecule has 0 spiro atoms. The molecule has 0 amide bonds. The Morgan fingerprint density at radius 2 is 2.29 bits per heavy atom. The van der Waals surface area contributed by atoms with E-state index in [0.29, 0.717) is 23.4 Å². The molecule has 0 aliphatic heterocycles. The third-order valence-electron chi connectivity index (χ3n) is 2.42. The number of carbonyl (C=O) groups excluding carboxylic acids is 1. The van der Waals surface area contributed by atoms with Gasteiger partial charge in [0.2, 0.25) is 0 Å². The molecule has 4 heteroatoms. The van der Waals surface area contributed by atoms with Crippen LogP contribution in [0, 0.1) is 11.3 Å².